The third kappa shape index (κ3) is 4.03. The highest BCUT2D eigenvalue weighted by atomic mass is 16.5. The summed E-state index contributed by atoms with van der Waals surface area (Å²) >= 11 is 0. The highest BCUT2D eigenvalue weighted by Gasteiger charge is 2.23. The van der Waals surface area contributed by atoms with Gasteiger partial charge in [-0.2, -0.15) is 0 Å². The highest BCUT2D eigenvalue weighted by molar-refractivity contribution is 6.00. The van der Waals surface area contributed by atoms with E-state index in [-0.39, 0.29) is 29.9 Å². The van der Waals surface area contributed by atoms with Crippen molar-refractivity contribution in [1.82, 2.24) is 14.7 Å². The smallest absolute Gasteiger partial charge is 0.361 e. The van der Waals surface area contributed by atoms with Gasteiger partial charge in [0.15, 0.2) is 0 Å². The third-order valence-electron chi connectivity index (χ3n) is 3.93. The minimum Gasteiger partial charge on any atom is -0.497 e. The van der Waals surface area contributed by atoms with Crippen LogP contribution in [0, 0.1) is 0 Å². The summed E-state index contributed by atoms with van der Waals surface area (Å²) in [5.74, 6) is -0.393. The monoisotopic (exact) mass is 402 g/mol. The van der Waals surface area contributed by atoms with Gasteiger partial charge in [0.05, 0.1) is 26.5 Å². The van der Waals surface area contributed by atoms with Crippen molar-refractivity contribution in [2.45, 2.75) is 13.5 Å². The summed E-state index contributed by atoms with van der Waals surface area (Å²) in [5, 5.41) is 6.04. The first-order valence-electron chi connectivity index (χ1n) is 8.52. The molecular weight excluding hydrogens is 384 g/mol. The lowest BCUT2D eigenvalue weighted by Gasteiger charge is -2.12. The van der Waals surface area contributed by atoms with Crippen molar-refractivity contribution in [1.29, 1.82) is 0 Å². The molecule has 0 aliphatic carbocycles. The molecule has 1 aromatic carbocycles. The van der Waals surface area contributed by atoms with Crippen LogP contribution < -0.4 is 20.3 Å². The van der Waals surface area contributed by atoms with Gasteiger partial charge in [-0.15, -0.1) is 0 Å². The number of fused-ring (bicyclic) bond motifs is 1. The lowest BCUT2D eigenvalue weighted by molar-refractivity contribution is -0.116. The topological polar surface area (TPSA) is 135 Å². The Kier molecular flexibility index (Phi) is 5.77. The number of benzene rings is 1. The number of hydrogen-bond donors (Lipinski definition) is 1. The van der Waals surface area contributed by atoms with Crippen LogP contribution >= 0.6 is 0 Å². The predicted molar refractivity (Wildman–Crippen MR) is 100 cm³/mol. The molecule has 3 rings (SSSR count). The van der Waals surface area contributed by atoms with Gasteiger partial charge in [0, 0.05) is 6.07 Å². The van der Waals surface area contributed by atoms with Crippen LogP contribution in [0.5, 0.6) is 11.5 Å². The van der Waals surface area contributed by atoms with Gasteiger partial charge in [-0.05, 0) is 19.1 Å². The van der Waals surface area contributed by atoms with Gasteiger partial charge in [0.2, 0.25) is 11.6 Å². The lowest BCUT2D eigenvalue weighted by Crippen LogP contribution is -2.28. The first kappa shape index (κ1) is 19.9. The van der Waals surface area contributed by atoms with Crippen molar-refractivity contribution in [3.05, 3.63) is 40.6 Å². The Bertz CT molecular complexity index is 1120. The molecule has 29 heavy (non-hydrogen) atoms. The number of amides is 1. The van der Waals surface area contributed by atoms with Gasteiger partial charge in [-0.3, -0.25) is 14.2 Å². The molecule has 0 bridgehead atoms. The van der Waals surface area contributed by atoms with Gasteiger partial charge in [-0.1, -0.05) is 5.16 Å². The molecule has 0 spiro atoms. The fourth-order valence-electron chi connectivity index (χ4n) is 2.59. The van der Waals surface area contributed by atoms with Crippen LogP contribution in [0.2, 0.25) is 0 Å². The zero-order valence-corrected chi connectivity index (χ0v) is 15.9. The van der Waals surface area contributed by atoms with E-state index in [1.165, 1.54) is 14.2 Å². The summed E-state index contributed by atoms with van der Waals surface area (Å²) < 4.78 is 21.1. The summed E-state index contributed by atoms with van der Waals surface area (Å²) in [7, 11) is 2.95. The first-order valence-corrected chi connectivity index (χ1v) is 8.52. The Morgan fingerprint density at radius 1 is 1.24 bits per heavy atom. The fourth-order valence-corrected chi connectivity index (χ4v) is 2.59. The second kappa shape index (κ2) is 8.42. The number of nitrogens with one attached hydrogen (secondary N) is 1. The predicted octanol–water partition coefficient (Wildman–Crippen LogP) is 1.22. The Labute approximate surface area is 164 Å². The molecule has 152 valence electrons. The summed E-state index contributed by atoms with van der Waals surface area (Å²) in [5.41, 5.74) is -0.698. The minimum atomic E-state index is -0.812. The third-order valence-corrected chi connectivity index (χ3v) is 3.93. The van der Waals surface area contributed by atoms with E-state index >= 15 is 0 Å². The average Bonchev–Trinajstić information content (AvgIpc) is 3.15. The number of rotatable bonds is 7. The van der Waals surface area contributed by atoms with Crippen LogP contribution in [-0.2, 0) is 16.1 Å². The SMILES string of the molecule is CCOC(=O)c1noc2ncn(CC(=O)Nc3cc(OC)ccc3OC)c(=O)c12. The van der Waals surface area contributed by atoms with Crippen LogP contribution in [0.15, 0.2) is 33.8 Å². The summed E-state index contributed by atoms with van der Waals surface area (Å²) in [6.07, 6.45) is 1.13. The maximum atomic E-state index is 12.7. The molecule has 0 aliphatic heterocycles. The van der Waals surface area contributed by atoms with E-state index < -0.39 is 17.4 Å². The molecular formula is C18H18N4O7. The Morgan fingerprint density at radius 3 is 2.72 bits per heavy atom. The average molecular weight is 402 g/mol. The van der Waals surface area contributed by atoms with Gasteiger partial charge in [0.25, 0.3) is 11.3 Å². The molecule has 11 nitrogen and oxygen atoms in total. The van der Waals surface area contributed by atoms with Crippen molar-refractivity contribution in [2.24, 2.45) is 0 Å². The largest absolute Gasteiger partial charge is 0.497 e. The quantitative estimate of drug-likeness (QED) is 0.579. The van der Waals surface area contributed by atoms with Crippen molar-refractivity contribution >= 4 is 28.7 Å². The van der Waals surface area contributed by atoms with Crippen LogP contribution in [0.25, 0.3) is 11.1 Å². The van der Waals surface area contributed by atoms with Gasteiger partial charge in [0.1, 0.15) is 29.8 Å². The summed E-state index contributed by atoms with van der Waals surface area (Å²) in [6, 6.07) is 4.90. The Hall–Kier alpha value is -3.89. The highest BCUT2D eigenvalue weighted by Crippen LogP contribution is 2.28. The van der Waals surface area contributed by atoms with E-state index in [0.717, 1.165) is 10.9 Å². The number of methoxy groups -OCH3 is 2. The maximum Gasteiger partial charge on any atom is 0.361 e. The van der Waals surface area contributed by atoms with Gasteiger partial charge < -0.3 is 24.1 Å². The van der Waals surface area contributed by atoms with Crippen LogP contribution in [0.4, 0.5) is 5.69 Å². The molecule has 0 unspecified atom stereocenters. The summed E-state index contributed by atoms with van der Waals surface area (Å²) in [6.45, 7) is 1.36. The van der Waals surface area contributed by atoms with Crippen molar-refractivity contribution in [2.75, 3.05) is 26.1 Å². The van der Waals surface area contributed by atoms with E-state index in [2.05, 4.69) is 15.5 Å². The molecule has 11 heteroatoms. The number of ether oxygens (including phenoxy) is 3. The van der Waals surface area contributed by atoms with Crippen molar-refractivity contribution in [3.63, 3.8) is 0 Å². The zero-order valence-electron chi connectivity index (χ0n) is 15.9. The number of aromatic nitrogens is 3. The van der Waals surface area contributed by atoms with Crippen molar-refractivity contribution in [3.8, 4) is 11.5 Å². The van der Waals surface area contributed by atoms with Gasteiger partial charge >= 0.3 is 5.97 Å². The molecule has 1 amide bonds. The van der Waals surface area contributed by atoms with Crippen molar-refractivity contribution < 1.29 is 28.3 Å². The van der Waals surface area contributed by atoms with Gasteiger partial charge in [-0.25, -0.2) is 9.78 Å². The number of hydrogen-bond acceptors (Lipinski definition) is 9. The fraction of sp³-hybridized carbons (Fsp3) is 0.278. The first-order chi connectivity index (χ1) is 14.0. The van der Waals surface area contributed by atoms with E-state index in [0.29, 0.717) is 17.2 Å². The van der Waals surface area contributed by atoms with E-state index in [9.17, 15) is 14.4 Å². The molecule has 0 saturated heterocycles. The molecule has 0 fully saturated rings. The van der Waals surface area contributed by atoms with Crippen LogP contribution in [0.1, 0.15) is 17.4 Å². The second-order valence-electron chi connectivity index (χ2n) is 5.72. The summed E-state index contributed by atoms with van der Waals surface area (Å²) in [4.78, 5) is 41.1. The minimum absolute atomic E-state index is 0.104. The number of carbonyl (C=O) groups is 2. The maximum absolute atomic E-state index is 12.7. The number of anilines is 1. The molecule has 0 aliphatic rings. The Morgan fingerprint density at radius 2 is 2.03 bits per heavy atom. The van der Waals surface area contributed by atoms with Crippen LogP contribution in [-0.4, -0.2) is 47.4 Å². The molecule has 0 atom stereocenters. The Balaban J connectivity index is 1.88. The lowest BCUT2D eigenvalue weighted by atomic mass is 10.2. The van der Waals surface area contributed by atoms with E-state index in [1.54, 1.807) is 25.1 Å². The normalized spacial score (nSPS) is 10.6. The zero-order chi connectivity index (χ0) is 21.0. The van der Waals surface area contributed by atoms with Crippen LogP contribution in [0.3, 0.4) is 0 Å². The molecule has 2 heterocycles. The number of carbonyl (C=O) groups excluding carboxylic acids is 2. The molecule has 2 aromatic heterocycles. The second-order valence-corrected chi connectivity index (χ2v) is 5.72. The van der Waals surface area contributed by atoms with E-state index in [1.807, 2.05) is 0 Å². The molecule has 3 aromatic rings. The molecule has 0 saturated carbocycles. The standard InChI is InChI=1S/C18H18N4O7/c1-4-28-18(25)15-14-16(29-21-15)19-9-22(17(14)24)8-13(23)20-11-7-10(26-2)5-6-12(11)27-3/h5-7,9H,4,8H2,1-3H3,(H,20,23). The van der Waals surface area contributed by atoms with E-state index in [4.69, 9.17) is 18.7 Å². The molecule has 0 radical (unpaired) electrons. The molecule has 1 N–H and O–H groups in total. The number of esters is 1. The number of nitrogens with zero attached hydrogens (tertiary/aromatic N) is 3.